The molecule has 1 aromatic heterocycles. The van der Waals surface area contributed by atoms with E-state index in [1.165, 1.54) is 6.92 Å². The molecule has 0 saturated carbocycles. The second kappa shape index (κ2) is 5.21. The molecule has 0 atom stereocenters. The second-order valence-electron chi connectivity index (χ2n) is 3.70. The SMILES string of the molecule is CC(=O)Nc1ccnc(Cc2ccccc2)n1. The van der Waals surface area contributed by atoms with Crippen LogP contribution in [0.2, 0.25) is 0 Å². The highest BCUT2D eigenvalue weighted by atomic mass is 16.1. The first-order chi connectivity index (χ1) is 8.24. The van der Waals surface area contributed by atoms with Crippen molar-refractivity contribution in [2.24, 2.45) is 0 Å². The fourth-order valence-electron chi connectivity index (χ4n) is 1.51. The van der Waals surface area contributed by atoms with Crippen molar-refractivity contribution >= 4 is 11.7 Å². The number of hydrogen-bond donors (Lipinski definition) is 1. The Kier molecular flexibility index (Phi) is 3.45. The maximum Gasteiger partial charge on any atom is 0.222 e. The van der Waals surface area contributed by atoms with Crippen LogP contribution in [0, 0.1) is 0 Å². The summed E-state index contributed by atoms with van der Waals surface area (Å²) in [6.45, 7) is 1.46. The summed E-state index contributed by atoms with van der Waals surface area (Å²) in [5, 5.41) is 2.64. The van der Waals surface area contributed by atoms with Crippen molar-refractivity contribution < 1.29 is 4.79 Å². The number of nitrogens with one attached hydrogen (secondary N) is 1. The number of hydrogen-bond acceptors (Lipinski definition) is 3. The maximum atomic E-state index is 10.9. The number of benzene rings is 1. The van der Waals surface area contributed by atoms with Crippen LogP contribution in [0.4, 0.5) is 5.82 Å². The van der Waals surface area contributed by atoms with Crippen LogP contribution in [0.3, 0.4) is 0 Å². The lowest BCUT2D eigenvalue weighted by atomic mass is 10.1. The van der Waals surface area contributed by atoms with Gasteiger partial charge in [-0.05, 0) is 11.6 Å². The first kappa shape index (κ1) is 11.3. The molecule has 17 heavy (non-hydrogen) atoms. The van der Waals surface area contributed by atoms with Gasteiger partial charge in [0.15, 0.2) is 0 Å². The summed E-state index contributed by atoms with van der Waals surface area (Å²) < 4.78 is 0. The zero-order chi connectivity index (χ0) is 12.1. The topological polar surface area (TPSA) is 54.9 Å². The van der Waals surface area contributed by atoms with Crippen molar-refractivity contribution in [3.05, 3.63) is 54.0 Å². The molecule has 1 N–H and O–H groups in total. The average Bonchev–Trinajstić information content (AvgIpc) is 2.30. The summed E-state index contributed by atoms with van der Waals surface area (Å²) in [4.78, 5) is 19.4. The zero-order valence-electron chi connectivity index (χ0n) is 9.55. The Morgan fingerprint density at radius 3 is 2.71 bits per heavy atom. The third-order valence-electron chi connectivity index (χ3n) is 2.21. The van der Waals surface area contributed by atoms with Gasteiger partial charge in [-0.2, -0.15) is 0 Å². The minimum atomic E-state index is -0.130. The number of aromatic nitrogens is 2. The van der Waals surface area contributed by atoms with E-state index in [1.54, 1.807) is 12.3 Å². The van der Waals surface area contributed by atoms with E-state index in [2.05, 4.69) is 15.3 Å². The minimum Gasteiger partial charge on any atom is -0.311 e. The normalized spacial score (nSPS) is 9.94. The van der Waals surface area contributed by atoms with Gasteiger partial charge in [-0.1, -0.05) is 30.3 Å². The maximum absolute atomic E-state index is 10.9. The third-order valence-corrected chi connectivity index (χ3v) is 2.21. The summed E-state index contributed by atoms with van der Waals surface area (Å²) >= 11 is 0. The number of anilines is 1. The molecule has 1 aromatic carbocycles. The van der Waals surface area contributed by atoms with Crippen LogP contribution in [0.5, 0.6) is 0 Å². The van der Waals surface area contributed by atoms with Crippen molar-refractivity contribution in [3.63, 3.8) is 0 Å². The Bertz CT molecular complexity index is 511. The van der Waals surface area contributed by atoms with E-state index in [1.807, 2.05) is 30.3 Å². The summed E-state index contributed by atoms with van der Waals surface area (Å²) in [6, 6.07) is 11.6. The molecule has 0 aliphatic heterocycles. The highest BCUT2D eigenvalue weighted by Crippen LogP contribution is 2.07. The lowest BCUT2D eigenvalue weighted by Gasteiger charge is -2.03. The molecule has 1 heterocycles. The van der Waals surface area contributed by atoms with Gasteiger partial charge in [-0.25, -0.2) is 9.97 Å². The lowest BCUT2D eigenvalue weighted by molar-refractivity contribution is -0.114. The molecule has 0 radical (unpaired) electrons. The van der Waals surface area contributed by atoms with Crippen LogP contribution in [0.1, 0.15) is 18.3 Å². The third kappa shape index (κ3) is 3.38. The number of nitrogens with zero attached hydrogens (tertiary/aromatic N) is 2. The molecule has 0 aliphatic carbocycles. The van der Waals surface area contributed by atoms with Gasteiger partial charge < -0.3 is 5.32 Å². The fourth-order valence-corrected chi connectivity index (χ4v) is 1.51. The van der Waals surface area contributed by atoms with Crippen LogP contribution >= 0.6 is 0 Å². The van der Waals surface area contributed by atoms with Crippen LogP contribution in [0.15, 0.2) is 42.6 Å². The first-order valence-corrected chi connectivity index (χ1v) is 5.37. The summed E-state index contributed by atoms with van der Waals surface area (Å²) in [5.74, 6) is 1.11. The van der Waals surface area contributed by atoms with Gasteiger partial charge in [0.2, 0.25) is 5.91 Å². The van der Waals surface area contributed by atoms with Crippen LogP contribution in [-0.2, 0) is 11.2 Å². The van der Waals surface area contributed by atoms with Crippen molar-refractivity contribution in [3.8, 4) is 0 Å². The molecule has 4 nitrogen and oxygen atoms in total. The molecule has 0 bridgehead atoms. The summed E-state index contributed by atoms with van der Waals surface area (Å²) in [5.41, 5.74) is 1.15. The van der Waals surface area contributed by atoms with Crippen LogP contribution < -0.4 is 5.32 Å². The van der Waals surface area contributed by atoms with E-state index in [-0.39, 0.29) is 5.91 Å². The zero-order valence-corrected chi connectivity index (χ0v) is 9.55. The predicted molar refractivity (Wildman–Crippen MR) is 65.6 cm³/mol. The lowest BCUT2D eigenvalue weighted by Crippen LogP contribution is -2.09. The number of carbonyl (C=O) groups excluding carboxylic acids is 1. The molecule has 0 saturated heterocycles. The fraction of sp³-hybridized carbons (Fsp3) is 0.154. The molecular formula is C13H13N3O. The van der Waals surface area contributed by atoms with E-state index >= 15 is 0 Å². The Hall–Kier alpha value is -2.23. The van der Waals surface area contributed by atoms with E-state index in [9.17, 15) is 4.79 Å². The standard InChI is InChI=1S/C13H13N3O/c1-10(17)15-12-7-8-14-13(16-12)9-11-5-3-2-4-6-11/h2-8H,9H2,1H3,(H,14,15,16,17). The predicted octanol–water partition coefficient (Wildman–Crippen LogP) is 2.03. The van der Waals surface area contributed by atoms with Crippen molar-refractivity contribution in [1.29, 1.82) is 0 Å². The van der Waals surface area contributed by atoms with Crippen molar-refractivity contribution in [2.45, 2.75) is 13.3 Å². The molecule has 4 heteroatoms. The average molecular weight is 227 g/mol. The minimum absolute atomic E-state index is 0.130. The molecule has 86 valence electrons. The van der Waals surface area contributed by atoms with Gasteiger partial charge in [0.25, 0.3) is 0 Å². The molecule has 0 aliphatic rings. The molecular weight excluding hydrogens is 214 g/mol. The highest BCUT2D eigenvalue weighted by Gasteiger charge is 2.01. The summed E-state index contributed by atoms with van der Waals surface area (Å²) in [7, 11) is 0. The van der Waals surface area contributed by atoms with E-state index in [0.29, 0.717) is 18.1 Å². The molecule has 2 aromatic rings. The van der Waals surface area contributed by atoms with Gasteiger partial charge in [-0.3, -0.25) is 4.79 Å². The van der Waals surface area contributed by atoms with Gasteiger partial charge in [0, 0.05) is 19.5 Å². The van der Waals surface area contributed by atoms with Crippen molar-refractivity contribution in [2.75, 3.05) is 5.32 Å². The Morgan fingerprint density at radius 1 is 1.24 bits per heavy atom. The van der Waals surface area contributed by atoms with Gasteiger partial charge in [0.1, 0.15) is 11.6 Å². The summed E-state index contributed by atoms with van der Waals surface area (Å²) in [6.07, 6.45) is 2.31. The monoisotopic (exact) mass is 227 g/mol. The second-order valence-corrected chi connectivity index (χ2v) is 3.70. The smallest absolute Gasteiger partial charge is 0.222 e. The number of carbonyl (C=O) groups is 1. The Balaban J connectivity index is 2.14. The Morgan fingerprint density at radius 2 is 2.00 bits per heavy atom. The molecule has 1 amide bonds. The molecule has 0 fully saturated rings. The Labute approximate surface area is 99.7 Å². The van der Waals surface area contributed by atoms with Crippen molar-refractivity contribution in [1.82, 2.24) is 9.97 Å². The first-order valence-electron chi connectivity index (χ1n) is 5.37. The number of amides is 1. The van der Waals surface area contributed by atoms with E-state index in [4.69, 9.17) is 0 Å². The molecule has 0 spiro atoms. The molecule has 2 rings (SSSR count). The van der Waals surface area contributed by atoms with Gasteiger partial charge in [-0.15, -0.1) is 0 Å². The van der Waals surface area contributed by atoms with E-state index < -0.39 is 0 Å². The van der Waals surface area contributed by atoms with Crippen LogP contribution in [0.25, 0.3) is 0 Å². The van der Waals surface area contributed by atoms with Crippen LogP contribution in [-0.4, -0.2) is 15.9 Å². The van der Waals surface area contributed by atoms with E-state index in [0.717, 1.165) is 5.56 Å². The largest absolute Gasteiger partial charge is 0.311 e. The highest BCUT2D eigenvalue weighted by molar-refractivity contribution is 5.87. The van der Waals surface area contributed by atoms with Gasteiger partial charge in [0.05, 0.1) is 0 Å². The molecule has 0 unspecified atom stereocenters. The number of rotatable bonds is 3. The van der Waals surface area contributed by atoms with Gasteiger partial charge >= 0.3 is 0 Å². The quantitative estimate of drug-likeness (QED) is 0.872.